The molecular weight excluding hydrogens is 405 g/mol. The van der Waals surface area contributed by atoms with Crippen LogP contribution in [-0.2, 0) is 12.8 Å². The van der Waals surface area contributed by atoms with Gasteiger partial charge in [0.2, 0.25) is 5.95 Å². The second-order valence-electron chi connectivity index (χ2n) is 9.24. The Morgan fingerprint density at radius 2 is 1.06 bits per heavy atom. The molecule has 176 valence electrons. The summed E-state index contributed by atoms with van der Waals surface area (Å²) in [5.41, 5.74) is 6.08. The third kappa shape index (κ3) is 8.11. The van der Waals surface area contributed by atoms with E-state index in [2.05, 4.69) is 55.2 Å². The Labute approximate surface area is 200 Å². The lowest BCUT2D eigenvalue weighted by molar-refractivity contribution is 0.570. The molecule has 3 rings (SSSR count). The maximum atomic E-state index is 14.7. The highest BCUT2D eigenvalue weighted by Crippen LogP contribution is 2.27. The first-order valence-electron chi connectivity index (χ1n) is 13.1. The van der Waals surface area contributed by atoms with Gasteiger partial charge in [-0.1, -0.05) is 114 Å². The van der Waals surface area contributed by atoms with Crippen LogP contribution < -0.4 is 0 Å². The third-order valence-electron chi connectivity index (χ3n) is 6.50. The standard InChI is InChI=1S/C31H40FN/c1-3-5-7-9-10-12-14-29-23-24-30(31(32)33-29)28-21-19-27(20-22-28)26-17-15-25(16-18-26)13-11-8-6-4-2/h15-24H,3-14H2,1-2H3. The van der Waals surface area contributed by atoms with E-state index in [4.69, 9.17) is 0 Å². The van der Waals surface area contributed by atoms with Gasteiger partial charge in [0.1, 0.15) is 0 Å². The van der Waals surface area contributed by atoms with Crippen LogP contribution in [0.15, 0.2) is 60.7 Å². The van der Waals surface area contributed by atoms with Gasteiger partial charge in [0.15, 0.2) is 0 Å². The van der Waals surface area contributed by atoms with Crippen LogP contribution in [0.2, 0.25) is 0 Å². The van der Waals surface area contributed by atoms with Gasteiger partial charge in [0.25, 0.3) is 0 Å². The van der Waals surface area contributed by atoms with Crippen LogP contribution in [0.3, 0.4) is 0 Å². The molecule has 0 aliphatic carbocycles. The van der Waals surface area contributed by atoms with Crippen molar-refractivity contribution in [3.63, 3.8) is 0 Å². The molecule has 0 amide bonds. The van der Waals surface area contributed by atoms with Gasteiger partial charge >= 0.3 is 0 Å². The summed E-state index contributed by atoms with van der Waals surface area (Å²) >= 11 is 0. The SMILES string of the molecule is CCCCCCCCc1ccc(-c2ccc(-c3ccc(CCCCCC)cc3)cc2)c(F)n1. The molecule has 0 spiro atoms. The van der Waals surface area contributed by atoms with Gasteiger partial charge in [0, 0.05) is 11.3 Å². The Hall–Kier alpha value is -2.48. The highest BCUT2D eigenvalue weighted by molar-refractivity contribution is 5.70. The van der Waals surface area contributed by atoms with Crippen molar-refractivity contribution >= 4 is 0 Å². The van der Waals surface area contributed by atoms with Crippen LogP contribution in [0.4, 0.5) is 4.39 Å². The van der Waals surface area contributed by atoms with E-state index >= 15 is 0 Å². The van der Waals surface area contributed by atoms with E-state index < -0.39 is 0 Å². The number of halogens is 1. The fraction of sp³-hybridized carbons (Fsp3) is 0.452. The van der Waals surface area contributed by atoms with Gasteiger partial charge in [-0.25, -0.2) is 4.98 Å². The average molecular weight is 446 g/mol. The average Bonchev–Trinajstić information content (AvgIpc) is 2.85. The minimum Gasteiger partial charge on any atom is -0.224 e. The van der Waals surface area contributed by atoms with E-state index in [0.29, 0.717) is 5.56 Å². The van der Waals surface area contributed by atoms with E-state index in [1.54, 1.807) is 0 Å². The molecule has 33 heavy (non-hydrogen) atoms. The first kappa shape index (κ1) is 25.1. The predicted molar refractivity (Wildman–Crippen MR) is 140 cm³/mol. The lowest BCUT2D eigenvalue weighted by Crippen LogP contribution is -1.96. The summed E-state index contributed by atoms with van der Waals surface area (Å²) in [7, 11) is 0. The normalized spacial score (nSPS) is 11.1. The van der Waals surface area contributed by atoms with Crippen molar-refractivity contribution in [2.75, 3.05) is 0 Å². The molecule has 1 heterocycles. The zero-order valence-corrected chi connectivity index (χ0v) is 20.6. The molecule has 2 heteroatoms. The van der Waals surface area contributed by atoms with E-state index in [1.165, 1.54) is 68.9 Å². The highest BCUT2D eigenvalue weighted by atomic mass is 19.1. The minimum absolute atomic E-state index is 0.362. The molecule has 0 aliphatic rings. The van der Waals surface area contributed by atoms with Gasteiger partial charge in [0.05, 0.1) is 0 Å². The molecule has 0 atom stereocenters. The third-order valence-corrected chi connectivity index (χ3v) is 6.50. The van der Waals surface area contributed by atoms with E-state index in [1.807, 2.05) is 24.3 Å². The summed E-state index contributed by atoms with van der Waals surface area (Å²) in [6.45, 7) is 4.48. The molecule has 0 fully saturated rings. The van der Waals surface area contributed by atoms with Crippen LogP contribution in [0.1, 0.15) is 89.3 Å². The summed E-state index contributed by atoms with van der Waals surface area (Å²) in [5.74, 6) is -0.362. The van der Waals surface area contributed by atoms with Gasteiger partial charge < -0.3 is 0 Å². The fourth-order valence-electron chi connectivity index (χ4n) is 4.37. The number of hydrogen-bond donors (Lipinski definition) is 0. The topological polar surface area (TPSA) is 12.9 Å². The van der Waals surface area contributed by atoms with Crippen molar-refractivity contribution in [3.8, 4) is 22.3 Å². The number of aromatic nitrogens is 1. The maximum absolute atomic E-state index is 14.7. The summed E-state index contributed by atoms with van der Waals surface area (Å²) in [5, 5.41) is 0. The molecule has 3 aromatic rings. The van der Waals surface area contributed by atoms with E-state index in [9.17, 15) is 4.39 Å². The lowest BCUT2D eigenvalue weighted by Gasteiger charge is -2.08. The first-order valence-corrected chi connectivity index (χ1v) is 13.1. The zero-order valence-electron chi connectivity index (χ0n) is 20.6. The fourth-order valence-corrected chi connectivity index (χ4v) is 4.37. The molecule has 0 saturated heterocycles. The molecule has 2 aromatic carbocycles. The van der Waals surface area contributed by atoms with E-state index in [0.717, 1.165) is 36.1 Å². The Morgan fingerprint density at radius 3 is 1.70 bits per heavy atom. The monoisotopic (exact) mass is 445 g/mol. The number of aryl methyl sites for hydroxylation is 2. The smallest absolute Gasteiger partial charge is 0.220 e. The Kier molecular flexibility index (Phi) is 10.6. The lowest BCUT2D eigenvalue weighted by atomic mass is 9.98. The van der Waals surface area contributed by atoms with Crippen LogP contribution in [0, 0.1) is 5.95 Å². The van der Waals surface area contributed by atoms with Gasteiger partial charge in [-0.3, -0.25) is 0 Å². The molecular formula is C31H40FN. The van der Waals surface area contributed by atoms with Gasteiger partial charge in [-0.05, 0) is 60.1 Å². The minimum atomic E-state index is -0.362. The first-order chi connectivity index (χ1) is 16.2. The van der Waals surface area contributed by atoms with Crippen LogP contribution in [0.25, 0.3) is 22.3 Å². The number of unbranched alkanes of at least 4 members (excludes halogenated alkanes) is 8. The van der Waals surface area contributed by atoms with Crippen molar-refractivity contribution in [1.82, 2.24) is 4.98 Å². The summed E-state index contributed by atoms with van der Waals surface area (Å²) in [6, 6.07) is 20.9. The molecule has 0 N–H and O–H groups in total. The Morgan fingerprint density at radius 1 is 0.545 bits per heavy atom. The second kappa shape index (κ2) is 13.9. The predicted octanol–water partition coefficient (Wildman–Crippen LogP) is 9.58. The number of rotatable bonds is 14. The number of pyridine rings is 1. The molecule has 0 unspecified atom stereocenters. The largest absolute Gasteiger partial charge is 0.224 e. The number of hydrogen-bond acceptors (Lipinski definition) is 1. The molecule has 0 aliphatic heterocycles. The second-order valence-corrected chi connectivity index (χ2v) is 9.24. The Balaban J connectivity index is 1.56. The zero-order chi connectivity index (χ0) is 23.3. The maximum Gasteiger partial charge on any atom is 0.220 e. The molecule has 1 nitrogen and oxygen atoms in total. The summed E-state index contributed by atoms with van der Waals surface area (Å²) < 4.78 is 14.7. The molecule has 0 radical (unpaired) electrons. The number of benzene rings is 2. The van der Waals surface area contributed by atoms with Crippen molar-refractivity contribution in [3.05, 3.63) is 77.9 Å². The number of nitrogens with zero attached hydrogens (tertiary/aromatic N) is 1. The summed E-state index contributed by atoms with van der Waals surface area (Å²) in [4.78, 5) is 4.24. The quantitative estimate of drug-likeness (QED) is 0.178. The van der Waals surface area contributed by atoms with Crippen molar-refractivity contribution in [2.24, 2.45) is 0 Å². The molecule has 0 saturated carbocycles. The van der Waals surface area contributed by atoms with Gasteiger partial charge in [-0.2, -0.15) is 4.39 Å². The van der Waals surface area contributed by atoms with Crippen LogP contribution in [0.5, 0.6) is 0 Å². The van der Waals surface area contributed by atoms with Gasteiger partial charge in [-0.15, -0.1) is 0 Å². The molecule has 0 bridgehead atoms. The highest BCUT2D eigenvalue weighted by Gasteiger charge is 2.09. The molecule has 1 aromatic heterocycles. The van der Waals surface area contributed by atoms with E-state index in [-0.39, 0.29) is 5.95 Å². The summed E-state index contributed by atoms with van der Waals surface area (Å²) in [6.07, 6.45) is 14.6. The van der Waals surface area contributed by atoms with Crippen LogP contribution >= 0.6 is 0 Å². The van der Waals surface area contributed by atoms with Crippen molar-refractivity contribution in [1.29, 1.82) is 0 Å². The van der Waals surface area contributed by atoms with Crippen molar-refractivity contribution in [2.45, 2.75) is 90.9 Å². The van der Waals surface area contributed by atoms with Crippen LogP contribution in [-0.4, -0.2) is 4.98 Å². The Bertz CT molecular complexity index is 944. The van der Waals surface area contributed by atoms with Crippen molar-refractivity contribution < 1.29 is 4.39 Å².